The molecule has 1 heterocycles. The van der Waals surface area contributed by atoms with Crippen LogP contribution in [-0.4, -0.2) is 13.1 Å². The molecule has 3 rings (SSSR count). The van der Waals surface area contributed by atoms with Gasteiger partial charge in [0.25, 0.3) is 0 Å². The maximum atomic E-state index is 3.53. The number of nitrogens with one attached hydrogen (secondary N) is 1. The van der Waals surface area contributed by atoms with Gasteiger partial charge in [0.2, 0.25) is 0 Å². The summed E-state index contributed by atoms with van der Waals surface area (Å²) < 4.78 is 0. The van der Waals surface area contributed by atoms with Crippen molar-refractivity contribution in [3.05, 3.63) is 12.2 Å². The predicted octanol–water partition coefficient (Wildman–Crippen LogP) is 1.42. The predicted molar refractivity (Wildman–Crippen MR) is 45.2 cm³/mol. The summed E-state index contributed by atoms with van der Waals surface area (Å²) in [5, 5.41) is 3.53. The molecule has 0 aromatic heterocycles. The van der Waals surface area contributed by atoms with Gasteiger partial charge >= 0.3 is 0 Å². The van der Waals surface area contributed by atoms with Gasteiger partial charge in [0.05, 0.1) is 0 Å². The lowest BCUT2D eigenvalue weighted by atomic mass is 9.72. The van der Waals surface area contributed by atoms with E-state index in [1.807, 2.05) is 0 Å². The minimum absolute atomic E-state index is 0.624. The highest BCUT2D eigenvalue weighted by molar-refractivity contribution is 5.20. The van der Waals surface area contributed by atoms with Crippen LogP contribution in [0.1, 0.15) is 13.3 Å². The Bertz CT molecular complexity index is 221. The Morgan fingerprint density at radius 3 is 3.18 bits per heavy atom. The average Bonchev–Trinajstić information content (AvgIpc) is 2.54. The molecular weight excluding hydrogens is 134 g/mol. The molecule has 2 fully saturated rings. The number of hydrogen-bond donors (Lipinski definition) is 1. The van der Waals surface area contributed by atoms with Crippen LogP contribution in [0.5, 0.6) is 0 Å². The average molecular weight is 149 g/mol. The number of hydrogen-bond acceptors (Lipinski definition) is 1. The van der Waals surface area contributed by atoms with Crippen LogP contribution >= 0.6 is 0 Å². The van der Waals surface area contributed by atoms with E-state index >= 15 is 0 Å². The van der Waals surface area contributed by atoms with E-state index in [0.29, 0.717) is 5.41 Å². The van der Waals surface area contributed by atoms with Gasteiger partial charge in [0.1, 0.15) is 0 Å². The topological polar surface area (TPSA) is 12.0 Å². The van der Waals surface area contributed by atoms with E-state index in [1.165, 1.54) is 19.5 Å². The van der Waals surface area contributed by atoms with E-state index in [4.69, 9.17) is 0 Å². The summed E-state index contributed by atoms with van der Waals surface area (Å²) >= 11 is 0. The minimum Gasteiger partial charge on any atom is -0.316 e. The summed E-state index contributed by atoms with van der Waals surface area (Å²) in [4.78, 5) is 0. The van der Waals surface area contributed by atoms with E-state index in [9.17, 15) is 0 Å². The molecule has 1 heteroatoms. The second-order valence-corrected chi connectivity index (χ2v) is 4.63. The third-order valence-corrected chi connectivity index (χ3v) is 4.20. The van der Waals surface area contributed by atoms with E-state index in [1.54, 1.807) is 0 Å². The molecule has 3 aliphatic rings. The summed E-state index contributed by atoms with van der Waals surface area (Å²) in [5.74, 6) is 2.77. The molecule has 0 amide bonds. The summed E-state index contributed by atoms with van der Waals surface area (Å²) in [6.07, 6.45) is 6.35. The molecule has 1 nitrogen and oxygen atoms in total. The van der Waals surface area contributed by atoms with Gasteiger partial charge < -0.3 is 5.32 Å². The van der Waals surface area contributed by atoms with Gasteiger partial charge in [-0.2, -0.15) is 0 Å². The molecule has 0 radical (unpaired) electrons. The van der Waals surface area contributed by atoms with Gasteiger partial charge in [-0.3, -0.25) is 0 Å². The Morgan fingerprint density at radius 1 is 1.45 bits per heavy atom. The summed E-state index contributed by atoms with van der Waals surface area (Å²) in [7, 11) is 0. The molecule has 11 heavy (non-hydrogen) atoms. The highest BCUT2D eigenvalue weighted by atomic mass is 15.0. The monoisotopic (exact) mass is 149 g/mol. The molecule has 0 spiro atoms. The summed E-state index contributed by atoms with van der Waals surface area (Å²) in [5.41, 5.74) is 0.624. The van der Waals surface area contributed by atoms with Crippen molar-refractivity contribution >= 4 is 0 Å². The van der Waals surface area contributed by atoms with Crippen molar-refractivity contribution in [3.8, 4) is 0 Å². The lowest BCUT2D eigenvalue weighted by Gasteiger charge is -2.31. The molecule has 2 aliphatic carbocycles. The Labute approximate surface area is 67.9 Å². The van der Waals surface area contributed by atoms with Gasteiger partial charge in [-0.15, -0.1) is 0 Å². The Balaban J connectivity index is 2.06. The quantitative estimate of drug-likeness (QED) is 0.514. The Kier molecular flexibility index (Phi) is 0.972. The van der Waals surface area contributed by atoms with E-state index in [-0.39, 0.29) is 0 Å². The third-order valence-electron chi connectivity index (χ3n) is 4.20. The highest BCUT2D eigenvalue weighted by Gasteiger charge is 2.54. The SMILES string of the molecule is CC12CNCC1C1C=CC2C1. The maximum Gasteiger partial charge on any atom is 0.00143 e. The molecule has 0 aromatic carbocycles. The van der Waals surface area contributed by atoms with Crippen LogP contribution < -0.4 is 5.32 Å². The summed E-state index contributed by atoms with van der Waals surface area (Å²) in [6, 6.07) is 0. The molecule has 1 N–H and O–H groups in total. The van der Waals surface area contributed by atoms with Crippen molar-refractivity contribution in [2.75, 3.05) is 13.1 Å². The molecule has 1 saturated carbocycles. The lowest BCUT2D eigenvalue weighted by Crippen LogP contribution is -2.30. The van der Waals surface area contributed by atoms with Crippen molar-refractivity contribution in [2.24, 2.45) is 23.2 Å². The number of allylic oxidation sites excluding steroid dienone is 2. The fourth-order valence-electron chi connectivity index (χ4n) is 3.42. The normalized spacial score (nSPS) is 58.8. The van der Waals surface area contributed by atoms with Crippen molar-refractivity contribution in [3.63, 3.8) is 0 Å². The van der Waals surface area contributed by atoms with E-state index in [2.05, 4.69) is 24.4 Å². The van der Waals surface area contributed by atoms with Crippen LogP contribution in [-0.2, 0) is 0 Å². The zero-order valence-corrected chi connectivity index (χ0v) is 7.01. The number of fused-ring (bicyclic) bond motifs is 5. The van der Waals surface area contributed by atoms with Crippen LogP contribution in [0.15, 0.2) is 12.2 Å². The third kappa shape index (κ3) is 0.572. The Morgan fingerprint density at radius 2 is 2.36 bits per heavy atom. The zero-order chi connectivity index (χ0) is 7.47. The molecule has 2 bridgehead atoms. The molecule has 60 valence electrons. The zero-order valence-electron chi connectivity index (χ0n) is 7.01. The van der Waals surface area contributed by atoms with Gasteiger partial charge in [0, 0.05) is 6.54 Å². The van der Waals surface area contributed by atoms with Gasteiger partial charge in [0.15, 0.2) is 0 Å². The fourth-order valence-corrected chi connectivity index (χ4v) is 3.42. The highest BCUT2D eigenvalue weighted by Crippen LogP contribution is 2.57. The van der Waals surface area contributed by atoms with Gasteiger partial charge in [-0.1, -0.05) is 19.1 Å². The van der Waals surface area contributed by atoms with Crippen molar-refractivity contribution in [1.82, 2.24) is 5.32 Å². The first-order chi connectivity index (χ1) is 5.31. The van der Waals surface area contributed by atoms with Gasteiger partial charge in [-0.25, -0.2) is 0 Å². The van der Waals surface area contributed by atoms with Crippen molar-refractivity contribution in [1.29, 1.82) is 0 Å². The van der Waals surface area contributed by atoms with E-state index in [0.717, 1.165) is 17.8 Å². The van der Waals surface area contributed by atoms with Crippen molar-refractivity contribution in [2.45, 2.75) is 13.3 Å². The smallest absolute Gasteiger partial charge is 0.00143 e. The molecule has 1 aliphatic heterocycles. The molecule has 1 saturated heterocycles. The fraction of sp³-hybridized carbons (Fsp3) is 0.800. The number of rotatable bonds is 0. The van der Waals surface area contributed by atoms with Crippen LogP contribution in [0.25, 0.3) is 0 Å². The van der Waals surface area contributed by atoms with Crippen molar-refractivity contribution < 1.29 is 0 Å². The Hall–Kier alpha value is -0.300. The molecule has 0 aromatic rings. The molecular formula is C10H15N. The largest absolute Gasteiger partial charge is 0.316 e. The standard InChI is InChI=1S/C10H15N/c1-10-6-11-5-9(10)7-2-3-8(10)4-7/h2-3,7-9,11H,4-6H2,1H3. The first kappa shape index (κ1) is 6.24. The van der Waals surface area contributed by atoms with Crippen LogP contribution in [0.4, 0.5) is 0 Å². The molecule has 4 atom stereocenters. The minimum atomic E-state index is 0.624. The first-order valence-corrected chi connectivity index (χ1v) is 4.70. The van der Waals surface area contributed by atoms with Gasteiger partial charge in [-0.05, 0) is 36.1 Å². The lowest BCUT2D eigenvalue weighted by molar-refractivity contribution is 0.232. The maximum absolute atomic E-state index is 3.53. The second-order valence-electron chi connectivity index (χ2n) is 4.63. The second kappa shape index (κ2) is 1.71. The van der Waals surface area contributed by atoms with Crippen LogP contribution in [0.3, 0.4) is 0 Å². The van der Waals surface area contributed by atoms with E-state index < -0.39 is 0 Å². The summed E-state index contributed by atoms with van der Waals surface area (Å²) in [6.45, 7) is 4.98. The van der Waals surface area contributed by atoms with Crippen LogP contribution in [0, 0.1) is 23.2 Å². The first-order valence-electron chi connectivity index (χ1n) is 4.70. The van der Waals surface area contributed by atoms with Crippen LogP contribution in [0.2, 0.25) is 0 Å². The molecule has 4 unspecified atom stereocenters.